The average Bonchev–Trinajstić information content (AvgIpc) is 2.87. The molecule has 0 bridgehead atoms. The van der Waals surface area contributed by atoms with Gasteiger partial charge in [0, 0.05) is 42.0 Å². The van der Waals surface area contributed by atoms with E-state index in [1.165, 1.54) is 0 Å². The van der Waals surface area contributed by atoms with E-state index in [2.05, 4.69) is 67.3 Å². The number of ether oxygens (including phenoxy) is 2. The molecule has 0 spiro atoms. The van der Waals surface area contributed by atoms with Gasteiger partial charge in [0.2, 0.25) is 5.91 Å². The van der Waals surface area contributed by atoms with E-state index >= 15 is 0 Å². The van der Waals surface area contributed by atoms with Crippen LogP contribution in [0.4, 0.5) is 0 Å². The van der Waals surface area contributed by atoms with Crippen molar-refractivity contribution >= 4 is 29.8 Å². The third-order valence-electron chi connectivity index (χ3n) is 6.14. The van der Waals surface area contributed by atoms with Crippen LogP contribution in [0.5, 0.6) is 11.5 Å². The molecule has 1 aromatic heterocycles. The third-order valence-corrected chi connectivity index (χ3v) is 7.83. The molecule has 1 aromatic carbocycles. The maximum Gasteiger partial charge on any atom is 0.220 e. The predicted molar refractivity (Wildman–Crippen MR) is 148 cm³/mol. The van der Waals surface area contributed by atoms with Gasteiger partial charge in [-0.25, -0.2) is 4.57 Å². The maximum atomic E-state index is 12.1. The summed E-state index contributed by atoms with van der Waals surface area (Å²) in [6.07, 6.45) is 12.0. The standard InChI is InChI=1S/C29H42N2O3S/c1-6-29(5,7-2)35-22-18-30-28(32)11-10-19-31-20-16-24(17-21-31)12-13-25-14-15-26(33-8-3)27(23-25)34-9-4/h12-17,20-21,23H,6-11,18-19,22H2,1-5H3/p+1. The minimum absolute atomic E-state index is 0.141. The van der Waals surface area contributed by atoms with Gasteiger partial charge in [0.05, 0.1) is 13.2 Å². The Morgan fingerprint density at radius 2 is 1.63 bits per heavy atom. The first-order chi connectivity index (χ1) is 16.9. The summed E-state index contributed by atoms with van der Waals surface area (Å²) in [4.78, 5) is 12.1. The summed E-state index contributed by atoms with van der Waals surface area (Å²) in [5.41, 5.74) is 2.18. The average molecular weight is 500 g/mol. The summed E-state index contributed by atoms with van der Waals surface area (Å²) in [5, 5.41) is 3.06. The molecule has 0 saturated carbocycles. The first kappa shape index (κ1) is 28.8. The minimum atomic E-state index is 0.141. The van der Waals surface area contributed by atoms with Crippen molar-refractivity contribution in [3.8, 4) is 11.5 Å². The number of amides is 1. The molecule has 1 amide bonds. The van der Waals surface area contributed by atoms with Gasteiger partial charge in [-0.1, -0.05) is 39.0 Å². The molecule has 5 nitrogen and oxygen atoms in total. The summed E-state index contributed by atoms with van der Waals surface area (Å²) < 4.78 is 13.8. The number of carbonyl (C=O) groups excluding carboxylic acids is 1. The van der Waals surface area contributed by atoms with Gasteiger partial charge < -0.3 is 14.8 Å². The van der Waals surface area contributed by atoms with Crippen LogP contribution in [0.1, 0.15) is 71.4 Å². The van der Waals surface area contributed by atoms with E-state index in [9.17, 15) is 4.79 Å². The number of pyridine rings is 1. The van der Waals surface area contributed by atoms with Crippen molar-refractivity contribution in [3.63, 3.8) is 0 Å². The van der Waals surface area contributed by atoms with Crippen molar-refractivity contribution in [1.29, 1.82) is 0 Å². The Bertz CT molecular complexity index is 924. The molecule has 192 valence electrons. The fourth-order valence-corrected chi connectivity index (χ4v) is 4.65. The van der Waals surface area contributed by atoms with Gasteiger partial charge in [0.25, 0.3) is 0 Å². The summed E-state index contributed by atoms with van der Waals surface area (Å²) in [7, 11) is 0. The highest BCUT2D eigenvalue weighted by Gasteiger charge is 2.19. The van der Waals surface area contributed by atoms with Crippen LogP contribution in [0.3, 0.4) is 0 Å². The zero-order valence-electron chi connectivity index (χ0n) is 22.1. The molecular formula is C29H43N2O3S+. The first-order valence-electron chi connectivity index (χ1n) is 12.9. The second-order valence-electron chi connectivity index (χ2n) is 8.73. The summed E-state index contributed by atoms with van der Waals surface area (Å²) in [6.45, 7) is 13.5. The van der Waals surface area contributed by atoms with Gasteiger partial charge in [-0.3, -0.25) is 4.79 Å². The molecule has 0 saturated heterocycles. The van der Waals surface area contributed by atoms with E-state index in [4.69, 9.17) is 9.47 Å². The van der Waals surface area contributed by atoms with Gasteiger partial charge in [-0.05, 0) is 49.9 Å². The van der Waals surface area contributed by atoms with Crippen molar-refractivity contribution in [2.75, 3.05) is 25.5 Å². The fourth-order valence-electron chi connectivity index (χ4n) is 3.55. The summed E-state index contributed by atoms with van der Waals surface area (Å²) in [5.74, 6) is 2.65. The molecule has 0 atom stereocenters. The summed E-state index contributed by atoms with van der Waals surface area (Å²) in [6, 6.07) is 10.2. The monoisotopic (exact) mass is 499 g/mol. The highest BCUT2D eigenvalue weighted by molar-refractivity contribution is 8.00. The van der Waals surface area contributed by atoms with Crippen molar-refractivity contribution in [2.45, 2.75) is 71.6 Å². The Kier molecular flexibility index (Phi) is 12.7. The molecule has 1 heterocycles. The number of hydrogen-bond acceptors (Lipinski definition) is 4. The van der Waals surface area contributed by atoms with Crippen molar-refractivity contribution in [2.24, 2.45) is 0 Å². The predicted octanol–water partition coefficient (Wildman–Crippen LogP) is 6.15. The Morgan fingerprint density at radius 1 is 0.971 bits per heavy atom. The lowest BCUT2D eigenvalue weighted by atomic mass is 10.1. The first-order valence-corrected chi connectivity index (χ1v) is 13.9. The van der Waals surface area contributed by atoms with Crippen LogP contribution >= 0.6 is 11.8 Å². The van der Waals surface area contributed by atoms with Gasteiger partial charge in [-0.2, -0.15) is 11.8 Å². The fraction of sp³-hybridized carbons (Fsp3) is 0.517. The number of benzene rings is 1. The SMILES string of the molecule is CCOc1ccc(C=Cc2cc[n+](CCCC(=O)NCCSC(C)(CC)CC)cc2)cc1OCC. The zero-order valence-corrected chi connectivity index (χ0v) is 23.0. The highest BCUT2D eigenvalue weighted by atomic mass is 32.2. The van der Waals surface area contributed by atoms with Gasteiger partial charge in [0.1, 0.15) is 6.54 Å². The lowest BCUT2D eigenvalue weighted by Crippen LogP contribution is -2.34. The number of nitrogens with one attached hydrogen (secondary N) is 1. The number of thioether (sulfide) groups is 1. The van der Waals surface area contributed by atoms with E-state index in [-0.39, 0.29) is 5.91 Å². The molecule has 0 aliphatic heterocycles. The van der Waals surface area contributed by atoms with Crippen molar-refractivity contribution in [3.05, 3.63) is 53.9 Å². The second-order valence-corrected chi connectivity index (χ2v) is 10.4. The lowest BCUT2D eigenvalue weighted by molar-refractivity contribution is -0.697. The Hall–Kier alpha value is -2.47. The number of hydrogen-bond donors (Lipinski definition) is 1. The third kappa shape index (κ3) is 10.4. The molecule has 2 aromatic rings. The normalized spacial score (nSPS) is 11.6. The zero-order chi connectivity index (χ0) is 25.5. The van der Waals surface area contributed by atoms with E-state index < -0.39 is 0 Å². The van der Waals surface area contributed by atoms with Crippen LogP contribution in [0.15, 0.2) is 42.7 Å². The summed E-state index contributed by atoms with van der Waals surface area (Å²) >= 11 is 1.96. The molecule has 0 radical (unpaired) electrons. The van der Waals surface area contributed by atoms with E-state index in [1.807, 2.05) is 43.8 Å². The molecular weight excluding hydrogens is 456 g/mol. The second kappa shape index (κ2) is 15.5. The van der Waals surface area contributed by atoms with Crippen LogP contribution in [0, 0.1) is 0 Å². The number of nitrogens with zero attached hydrogens (tertiary/aromatic N) is 1. The van der Waals surface area contributed by atoms with Crippen LogP contribution in [-0.2, 0) is 11.3 Å². The molecule has 0 aliphatic carbocycles. The van der Waals surface area contributed by atoms with Crippen molar-refractivity contribution in [1.82, 2.24) is 5.32 Å². The Labute approximate surface area is 216 Å². The topological polar surface area (TPSA) is 51.4 Å². The molecule has 0 fully saturated rings. The number of carbonyl (C=O) groups is 1. The van der Waals surface area contributed by atoms with Gasteiger partial charge in [-0.15, -0.1) is 0 Å². The van der Waals surface area contributed by atoms with Crippen LogP contribution in [0.2, 0.25) is 0 Å². The van der Waals surface area contributed by atoms with Gasteiger partial charge in [0.15, 0.2) is 23.9 Å². The molecule has 2 rings (SSSR count). The van der Waals surface area contributed by atoms with E-state index in [0.29, 0.717) is 24.4 Å². The molecule has 0 aliphatic rings. The molecule has 0 unspecified atom stereocenters. The highest BCUT2D eigenvalue weighted by Crippen LogP contribution is 2.31. The van der Waals surface area contributed by atoms with Crippen molar-refractivity contribution < 1.29 is 18.8 Å². The number of aromatic nitrogens is 1. The molecule has 1 N–H and O–H groups in total. The Balaban J connectivity index is 1.76. The minimum Gasteiger partial charge on any atom is -0.490 e. The van der Waals surface area contributed by atoms with Crippen LogP contribution in [-0.4, -0.2) is 36.2 Å². The number of rotatable bonds is 16. The number of aryl methyl sites for hydroxylation is 1. The molecule has 6 heteroatoms. The lowest BCUT2D eigenvalue weighted by Gasteiger charge is -2.25. The Morgan fingerprint density at radius 3 is 2.29 bits per heavy atom. The quantitative estimate of drug-likeness (QED) is 0.222. The van der Waals surface area contributed by atoms with Crippen LogP contribution < -0.4 is 19.4 Å². The maximum absolute atomic E-state index is 12.1. The van der Waals surface area contributed by atoms with E-state index in [0.717, 1.165) is 60.7 Å². The smallest absolute Gasteiger partial charge is 0.220 e. The van der Waals surface area contributed by atoms with E-state index in [1.54, 1.807) is 0 Å². The largest absolute Gasteiger partial charge is 0.490 e. The molecule has 35 heavy (non-hydrogen) atoms. The van der Waals surface area contributed by atoms with Crippen LogP contribution in [0.25, 0.3) is 12.2 Å². The van der Waals surface area contributed by atoms with Gasteiger partial charge >= 0.3 is 0 Å².